The van der Waals surface area contributed by atoms with Crippen LogP contribution < -0.4 is 0 Å². The number of fused-ring (bicyclic) bond motifs is 1. The van der Waals surface area contributed by atoms with Crippen molar-refractivity contribution >= 4 is 22.2 Å². The Morgan fingerprint density at radius 3 is 2.14 bits per heavy atom. The van der Waals surface area contributed by atoms with Crippen molar-refractivity contribution in [3.05, 3.63) is 0 Å². The molecule has 2 rings (SSSR count). The van der Waals surface area contributed by atoms with Crippen LogP contribution in [0.1, 0.15) is 47.0 Å². The van der Waals surface area contributed by atoms with Crippen LogP contribution in [0.2, 0.25) is 43.3 Å². The number of hydrogen-bond acceptors (Lipinski definition) is 2. The highest BCUT2D eigenvalue weighted by Crippen LogP contribution is 2.62. The number of carbonyl (C=O) groups is 1. The third-order valence-electron chi connectivity index (χ3n) is 6.71. The van der Waals surface area contributed by atoms with Gasteiger partial charge in [-0.15, -0.1) is 0 Å². The smallest absolute Gasteiger partial charge is 0.192 e. The average molecular weight is 341 g/mol. The summed E-state index contributed by atoms with van der Waals surface area (Å²) in [4.78, 5) is 12.6. The van der Waals surface area contributed by atoms with Gasteiger partial charge in [-0.1, -0.05) is 47.3 Å². The van der Waals surface area contributed by atoms with Gasteiger partial charge in [0, 0.05) is 18.1 Å². The fourth-order valence-electron chi connectivity index (χ4n) is 4.88. The molecule has 0 radical (unpaired) electrons. The van der Waals surface area contributed by atoms with E-state index in [1.54, 1.807) is 0 Å². The molecule has 1 unspecified atom stereocenters. The van der Waals surface area contributed by atoms with Crippen LogP contribution in [0.15, 0.2) is 0 Å². The Hall–Kier alpha value is 0.0638. The summed E-state index contributed by atoms with van der Waals surface area (Å²) in [6, 6.07) is 0. The first kappa shape index (κ1) is 18.4. The lowest BCUT2D eigenvalue weighted by atomic mass is 9.82. The van der Waals surface area contributed by atoms with Gasteiger partial charge < -0.3 is 4.43 Å². The van der Waals surface area contributed by atoms with Gasteiger partial charge in [-0.2, -0.15) is 0 Å². The van der Waals surface area contributed by atoms with Gasteiger partial charge in [0.05, 0.1) is 8.07 Å². The van der Waals surface area contributed by atoms with E-state index >= 15 is 0 Å². The van der Waals surface area contributed by atoms with Crippen molar-refractivity contribution < 1.29 is 9.22 Å². The van der Waals surface area contributed by atoms with Crippen LogP contribution in [0.25, 0.3) is 0 Å². The highest BCUT2D eigenvalue weighted by Gasteiger charge is 2.60. The molecular weight excluding hydrogens is 304 g/mol. The molecule has 0 N–H and O–H groups in total. The van der Waals surface area contributed by atoms with Gasteiger partial charge in [0.25, 0.3) is 0 Å². The van der Waals surface area contributed by atoms with E-state index < -0.39 is 16.4 Å². The maximum absolute atomic E-state index is 12.6. The molecule has 2 fully saturated rings. The molecule has 0 aliphatic heterocycles. The lowest BCUT2D eigenvalue weighted by molar-refractivity contribution is -0.118. The maximum Gasteiger partial charge on any atom is 0.192 e. The van der Waals surface area contributed by atoms with Crippen molar-refractivity contribution in [1.82, 2.24) is 0 Å². The lowest BCUT2D eigenvalue weighted by Crippen LogP contribution is -2.44. The molecule has 0 aromatic carbocycles. The fraction of sp³-hybridized carbons (Fsp3) is 0.944. The monoisotopic (exact) mass is 340 g/mol. The molecule has 2 nitrogen and oxygen atoms in total. The summed E-state index contributed by atoms with van der Waals surface area (Å²) in [7, 11) is -3.17. The first-order valence-corrected chi connectivity index (χ1v) is 15.4. The first-order chi connectivity index (χ1) is 9.68. The summed E-state index contributed by atoms with van der Waals surface area (Å²) in [5.74, 6) is 1.11. The number of ketones is 1. The Labute approximate surface area is 139 Å². The van der Waals surface area contributed by atoms with E-state index in [1.807, 2.05) is 0 Å². The topological polar surface area (TPSA) is 26.3 Å². The molecule has 2 aliphatic rings. The zero-order valence-electron chi connectivity index (χ0n) is 16.2. The van der Waals surface area contributed by atoms with Crippen molar-refractivity contribution in [3.8, 4) is 0 Å². The van der Waals surface area contributed by atoms with Crippen molar-refractivity contribution in [3.63, 3.8) is 0 Å². The summed E-state index contributed by atoms with van der Waals surface area (Å²) < 4.78 is 6.70. The quantitative estimate of drug-likeness (QED) is 0.636. The Bertz CT molecular complexity index is 459. The van der Waals surface area contributed by atoms with Gasteiger partial charge in [0.2, 0.25) is 0 Å². The summed E-state index contributed by atoms with van der Waals surface area (Å²) in [5.41, 5.74) is 0.534. The molecule has 128 valence electrons. The summed E-state index contributed by atoms with van der Waals surface area (Å²) in [6.45, 7) is 21.1. The van der Waals surface area contributed by atoms with Crippen molar-refractivity contribution in [2.75, 3.05) is 0 Å². The minimum absolute atomic E-state index is 0.203. The van der Waals surface area contributed by atoms with Crippen LogP contribution in [0.5, 0.6) is 0 Å². The number of Topliss-reactive ketones (excluding diaryl/α,β-unsaturated/α-hetero) is 1. The summed E-state index contributed by atoms with van der Waals surface area (Å²) in [5, 5.41) is 0.263. The second-order valence-electron chi connectivity index (χ2n) is 10.6. The van der Waals surface area contributed by atoms with E-state index in [2.05, 4.69) is 60.4 Å². The van der Waals surface area contributed by atoms with Crippen LogP contribution in [0, 0.1) is 11.3 Å². The third kappa shape index (κ3) is 3.03. The molecule has 0 amide bonds. The van der Waals surface area contributed by atoms with Gasteiger partial charge in [0.1, 0.15) is 5.78 Å². The van der Waals surface area contributed by atoms with Crippen molar-refractivity contribution in [2.24, 2.45) is 11.3 Å². The molecule has 0 bridgehead atoms. The predicted octanol–water partition coefficient (Wildman–Crippen LogP) is 5.47. The first-order valence-electron chi connectivity index (χ1n) is 8.89. The normalized spacial score (nSPS) is 36.8. The van der Waals surface area contributed by atoms with E-state index in [4.69, 9.17) is 4.43 Å². The number of carbonyl (C=O) groups excluding carboxylic acids is 1. The van der Waals surface area contributed by atoms with E-state index in [1.165, 1.54) is 0 Å². The SMILES string of the molecule is CC(C)(C)[Si](C)(C)O[C@@H]1C[C@@H]2CC(=O)C([Si](C)(C)C)[C@]2(C)C1. The highest BCUT2D eigenvalue weighted by molar-refractivity contribution is 6.81. The summed E-state index contributed by atoms with van der Waals surface area (Å²) in [6.07, 6.45) is 3.39. The summed E-state index contributed by atoms with van der Waals surface area (Å²) >= 11 is 0. The van der Waals surface area contributed by atoms with Crippen LogP contribution in [-0.2, 0) is 9.22 Å². The van der Waals surface area contributed by atoms with Gasteiger partial charge in [-0.25, -0.2) is 0 Å². The van der Waals surface area contributed by atoms with E-state index in [9.17, 15) is 4.79 Å². The Kier molecular flexibility index (Phi) is 4.42. The largest absolute Gasteiger partial charge is 0.414 e. The molecule has 2 saturated carbocycles. The second kappa shape index (κ2) is 5.28. The lowest BCUT2D eigenvalue weighted by Gasteiger charge is -2.40. The standard InChI is InChI=1S/C18H36O2Si2/c1-17(2,3)22(8,9)20-14-10-13-11-15(19)16(21(5,6)7)18(13,4)12-14/h13-14,16H,10-12H2,1-9H3/t13-,14-,16?,18-/m1/s1. The predicted molar refractivity (Wildman–Crippen MR) is 99.6 cm³/mol. The van der Waals surface area contributed by atoms with Crippen LogP contribution in [0.3, 0.4) is 0 Å². The average Bonchev–Trinajstić information content (AvgIpc) is 2.61. The van der Waals surface area contributed by atoms with E-state index in [0.29, 0.717) is 23.3 Å². The molecule has 22 heavy (non-hydrogen) atoms. The number of hydrogen-bond donors (Lipinski definition) is 0. The van der Waals surface area contributed by atoms with E-state index in [0.717, 1.165) is 19.3 Å². The molecule has 0 saturated heterocycles. The molecule has 2 aliphatic carbocycles. The maximum atomic E-state index is 12.6. The van der Waals surface area contributed by atoms with Crippen LogP contribution in [-0.4, -0.2) is 28.3 Å². The Morgan fingerprint density at radius 2 is 1.68 bits per heavy atom. The van der Waals surface area contributed by atoms with Crippen molar-refractivity contribution in [1.29, 1.82) is 0 Å². The fourth-order valence-corrected chi connectivity index (χ4v) is 9.66. The highest BCUT2D eigenvalue weighted by atomic mass is 28.4. The zero-order chi connectivity index (χ0) is 17.1. The molecule has 4 heteroatoms. The van der Waals surface area contributed by atoms with Crippen LogP contribution >= 0.6 is 0 Å². The molecule has 0 spiro atoms. The molecular formula is C18H36O2Si2. The van der Waals surface area contributed by atoms with Gasteiger partial charge in [-0.05, 0) is 42.3 Å². The van der Waals surface area contributed by atoms with Crippen molar-refractivity contribution in [2.45, 2.75) is 96.4 Å². The van der Waals surface area contributed by atoms with Crippen LogP contribution in [0.4, 0.5) is 0 Å². The third-order valence-corrected chi connectivity index (χ3v) is 14.0. The zero-order valence-corrected chi connectivity index (χ0v) is 18.2. The minimum Gasteiger partial charge on any atom is -0.414 e. The number of rotatable bonds is 3. The molecule has 4 atom stereocenters. The minimum atomic E-state index is -1.71. The van der Waals surface area contributed by atoms with Gasteiger partial charge >= 0.3 is 0 Å². The molecule has 0 aromatic heterocycles. The Balaban J connectivity index is 2.18. The van der Waals surface area contributed by atoms with E-state index in [-0.39, 0.29) is 10.5 Å². The van der Waals surface area contributed by atoms with Gasteiger partial charge in [-0.3, -0.25) is 4.79 Å². The molecule has 0 aromatic rings. The Morgan fingerprint density at radius 1 is 1.14 bits per heavy atom. The molecule has 0 heterocycles. The second-order valence-corrected chi connectivity index (χ2v) is 20.7. The van der Waals surface area contributed by atoms with Gasteiger partial charge in [0.15, 0.2) is 8.32 Å².